The molecule has 0 aromatic rings. The van der Waals surface area contributed by atoms with E-state index in [9.17, 15) is 4.79 Å². The van der Waals surface area contributed by atoms with Crippen LogP contribution in [0.1, 0.15) is 13.3 Å². The van der Waals surface area contributed by atoms with Crippen LogP contribution in [0.4, 0.5) is 0 Å². The molecule has 0 aliphatic carbocycles. The zero-order chi connectivity index (χ0) is 7.19. The number of hydrogen-bond donors (Lipinski definition) is 2. The van der Waals surface area contributed by atoms with E-state index in [-0.39, 0.29) is 11.3 Å². The summed E-state index contributed by atoms with van der Waals surface area (Å²) in [5.41, 5.74) is -0.0145. The molecule has 2 rings (SSSR count). The molecule has 2 saturated heterocycles. The molecule has 2 aliphatic heterocycles. The summed E-state index contributed by atoms with van der Waals surface area (Å²) in [7, 11) is 0. The van der Waals surface area contributed by atoms with Gasteiger partial charge in [-0.3, -0.25) is 4.79 Å². The van der Waals surface area contributed by atoms with Gasteiger partial charge < -0.3 is 10.6 Å². The van der Waals surface area contributed by atoms with Crippen LogP contribution in [0.2, 0.25) is 0 Å². The van der Waals surface area contributed by atoms with Crippen molar-refractivity contribution in [1.29, 1.82) is 0 Å². The van der Waals surface area contributed by atoms with Gasteiger partial charge in [0.05, 0.1) is 5.41 Å². The van der Waals surface area contributed by atoms with Crippen LogP contribution in [0, 0.1) is 5.41 Å². The smallest absolute Gasteiger partial charge is 0.229 e. The normalized spacial score (nSPS) is 35.7. The Labute approximate surface area is 60.2 Å². The standard InChI is InChI=1S/C7H12N2O/c1-5-2-7(3-8-4-7)6(10)9-5/h5,8H,2-4H2,1H3,(H,9,10). The van der Waals surface area contributed by atoms with Crippen molar-refractivity contribution in [3.05, 3.63) is 0 Å². The molecule has 1 atom stereocenters. The third-order valence-electron chi connectivity index (χ3n) is 2.48. The van der Waals surface area contributed by atoms with Crippen LogP contribution < -0.4 is 10.6 Å². The number of rotatable bonds is 0. The van der Waals surface area contributed by atoms with Crippen LogP contribution >= 0.6 is 0 Å². The molecule has 1 amide bonds. The molecular formula is C7H12N2O. The largest absolute Gasteiger partial charge is 0.353 e. The van der Waals surface area contributed by atoms with Crippen molar-refractivity contribution >= 4 is 5.91 Å². The van der Waals surface area contributed by atoms with Crippen molar-refractivity contribution in [1.82, 2.24) is 10.6 Å². The number of nitrogens with one attached hydrogen (secondary N) is 2. The molecule has 3 heteroatoms. The molecule has 2 N–H and O–H groups in total. The highest BCUT2D eigenvalue weighted by Crippen LogP contribution is 2.33. The van der Waals surface area contributed by atoms with Gasteiger partial charge in [0, 0.05) is 19.1 Å². The van der Waals surface area contributed by atoms with E-state index >= 15 is 0 Å². The van der Waals surface area contributed by atoms with Gasteiger partial charge in [-0.1, -0.05) is 0 Å². The van der Waals surface area contributed by atoms with Gasteiger partial charge in [-0.25, -0.2) is 0 Å². The molecule has 10 heavy (non-hydrogen) atoms. The Morgan fingerprint density at radius 3 is 2.50 bits per heavy atom. The maximum Gasteiger partial charge on any atom is 0.229 e. The van der Waals surface area contributed by atoms with E-state index in [4.69, 9.17) is 0 Å². The van der Waals surface area contributed by atoms with Gasteiger partial charge in [0.15, 0.2) is 0 Å². The van der Waals surface area contributed by atoms with E-state index in [2.05, 4.69) is 17.6 Å². The average molecular weight is 140 g/mol. The summed E-state index contributed by atoms with van der Waals surface area (Å²) in [4.78, 5) is 11.2. The average Bonchev–Trinajstić information content (AvgIpc) is 2.04. The molecule has 3 nitrogen and oxygen atoms in total. The summed E-state index contributed by atoms with van der Waals surface area (Å²) in [5, 5.41) is 6.06. The molecule has 0 radical (unpaired) electrons. The van der Waals surface area contributed by atoms with Crippen molar-refractivity contribution < 1.29 is 4.79 Å². The van der Waals surface area contributed by atoms with Crippen molar-refractivity contribution in [3.8, 4) is 0 Å². The number of amides is 1. The van der Waals surface area contributed by atoms with E-state index in [1.807, 2.05) is 0 Å². The first-order valence-corrected chi connectivity index (χ1v) is 3.75. The zero-order valence-electron chi connectivity index (χ0n) is 6.11. The van der Waals surface area contributed by atoms with Crippen LogP contribution in [0.25, 0.3) is 0 Å². The number of hydrogen-bond acceptors (Lipinski definition) is 2. The van der Waals surface area contributed by atoms with E-state index in [0.29, 0.717) is 6.04 Å². The minimum atomic E-state index is -0.0145. The first-order chi connectivity index (χ1) is 4.73. The maximum absolute atomic E-state index is 11.2. The SMILES string of the molecule is CC1CC2(CNC2)C(=O)N1. The Balaban J connectivity index is 2.16. The van der Waals surface area contributed by atoms with Gasteiger partial charge in [-0.05, 0) is 13.3 Å². The van der Waals surface area contributed by atoms with E-state index in [1.165, 1.54) is 0 Å². The zero-order valence-corrected chi connectivity index (χ0v) is 6.11. The fourth-order valence-corrected chi connectivity index (χ4v) is 1.84. The summed E-state index contributed by atoms with van der Waals surface area (Å²) < 4.78 is 0. The molecule has 2 aliphatic rings. The quantitative estimate of drug-likeness (QED) is 0.475. The molecule has 2 fully saturated rings. The monoisotopic (exact) mass is 140 g/mol. The molecule has 0 aromatic heterocycles. The lowest BCUT2D eigenvalue weighted by Crippen LogP contribution is -2.57. The van der Waals surface area contributed by atoms with Crippen molar-refractivity contribution in [2.24, 2.45) is 5.41 Å². The lowest BCUT2D eigenvalue weighted by Gasteiger charge is -2.36. The fourth-order valence-electron chi connectivity index (χ4n) is 1.84. The Morgan fingerprint density at radius 1 is 1.60 bits per heavy atom. The summed E-state index contributed by atoms with van der Waals surface area (Å²) >= 11 is 0. The van der Waals surface area contributed by atoms with Gasteiger partial charge in [0.1, 0.15) is 0 Å². The first kappa shape index (κ1) is 6.16. The predicted molar refractivity (Wildman–Crippen MR) is 37.5 cm³/mol. The van der Waals surface area contributed by atoms with Gasteiger partial charge in [-0.15, -0.1) is 0 Å². The molecule has 0 saturated carbocycles. The third-order valence-corrected chi connectivity index (χ3v) is 2.48. The van der Waals surface area contributed by atoms with Crippen molar-refractivity contribution in [2.75, 3.05) is 13.1 Å². The Kier molecular flexibility index (Phi) is 1.06. The highest BCUT2D eigenvalue weighted by molar-refractivity contribution is 5.86. The minimum Gasteiger partial charge on any atom is -0.353 e. The van der Waals surface area contributed by atoms with E-state index in [1.54, 1.807) is 0 Å². The lowest BCUT2D eigenvalue weighted by atomic mass is 9.79. The highest BCUT2D eigenvalue weighted by Gasteiger charge is 2.49. The minimum absolute atomic E-state index is 0.0145. The Hall–Kier alpha value is -0.570. The molecule has 2 heterocycles. The molecule has 0 aromatic carbocycles. The molecule has 1 spiro atoms. The second-order valence-electron chi connectivity index (χ2n) is 3.46. The van der Waals surface area contributed by atoms with Crippen LogP contribution in [0.5, 0.6) is 0 Å². The van der Waals surface area contributed by atoms with Crippen molar-refractivity contribution in [2.45, 2.75) is 19.4 Å². The highest BCUT2D eigenvalue weighted by atomic mass is 16.2. The maximum atomic E-state index is 11.2. The van der Waals surface area contributed by atoms with Crippen LogP contribution in [-0.4, -0.2) is 25.0 Å². The molecular weight excluding hydrogens is 128 g/mol. The van der Waals surface area contributed by atoms with Crippen LogP contribution in [-0.2, 0) is 4.79 Å². The summed E-state index contributed by atoms with van der Waals surface area (Å²) in [5.74, 6) is 0.249. The third kappa shape index (κ3) is 0.611. The number of carbonyl (C=O) groups excluding carboxylic acids is 1. The van der Waals surface area contributed by atoms with Gasteiger partial charge in [-0.2, -0.15) is 0 Å². The molecule has 0 bridgehead atoms. The molecule has 1 unspecified atom stereocenters. The lowest BCUT2D eigenvalue weighted by molar-refractivity contribution is -0.129. The van der Waals surface area contributed by atoms with Gasteiger partial charge in [0.2, 0.25) is 5.91 Å². The van der Waals surface area contributed by atoms with Gasteiger partial charge in [0.25, 0.3) is 0 Å². The predicted octanol–water partition coefficient (Wildman–Crippen LogP) is -0.516. The Morgan fingerprint density at radius 2 is 2.30 bits per heavy atom. The van der Waals surface area contributed by atoms with Crippen molar-refractivity contribution in [3.63, 3.8) is 0 Å². The molecule has 56 valence electrons. The number of carbonyl (C=O) groups is 1. The topological polar surface area (TPSA) is 41.1 Å². The summed E-state index contributed by atoms with van der Waals surface area (Å²) in [6.07, 6.45) is 1.01. The summed E-state index contributed by atoms with van der Waals surface area (Å²) in [6.45, 7) is 3.82. The second kappa shape index (κ2) is 1.72. The van der Waals surface area contributed by atoms with Crippen LogP contribution in [0.15, 0.2) is 0 Å². The summed E-state index contributed by atoms with van der Waals surface area (Å²) in [6, 6.07) is 0.384. The van der Waals surface area contributed by atoms with E-state index in [0.717, 1.165) is 19.5 Å². The second-order valence-corrected chi connectivity index (χ2v) is 3.46. The Bertz CT molecular complexity index is 174. The van der Waals surface area contributed by atoms with E-state index < -0.39 is 0 Å². The fraction of sp³-hybridized carbons (Fsp3) is 0.857. The van der Waals surface area contributed by atoms with Gasteiger partial charge >= 0.3 is 0 Å². The first-order valence-electron chi connectivity index (χ1n) is 3.75. The van der Waals surface area contributed by atoms with Crippen LogP contribution in [0.3, 0.4) is 0 Å².